The molecular weight excluding hydrogens is 309 g/mol. The van der Waals surface area contributed by atoms with Crippen LogP contribution >= 0.6 is 0 Å². The Morgan fingerprint density at radius 3 is 2.96 bits per heavy atom. The van der Waals surface area contributed by atoms with Gasteiger partial charge in [0.1, 0.15) is 5.75 Å². The third-order valence-corrected chi connectivity index (χ3v) is 4.10. The molecule has 23 heavy (non-hydrogen) atoms. The molecule has 126 valence electrons. The molecule has 0 spiro atoms. The molecule has 2 aromatic rings. The second-order valence-electron chi connectivity index (χ2n) is 5.56. The van der Waals surface area contributed by atoms with E-state index in [9.17, 15) is 13.2 Å². The summed E-state index contributed by atoms with van der Waals surface area (Å²) >= 11 is 0. The van der Waals surface area contributed by atoms with Crippen LogP contribution in [-0.4, -0.2) is 42.9 Å². The van der Waals surface area contributed by atoms with Gasteiger partial charge >= 0.3 is 6.36 Å². The average Bonchev–Trinajstić information content (AvgIpc) is 3.11. The monoisotopic (exact) mass is 331 g/mol. The lowest BCUT2D eigenvalue weighted by atomic mass is 10.0. The molecule has 0 unspecified atom stereocenters. The number of nitrogens with zero attached hydrogens (tertiary/aromatic N) is 1. The van der Waals surface area contributed by atoms with Gasteiger partial charge in [0, 0.05) is 21.1 Å². The standard InChI is InChI=1S/C16H19F3N2O2/c1-21-8-4-5-10(21)9-11-14-12(6-3-7-13(14)22-2)20-15(11)23-16(17,18)19/h3,6-7,10,20H,4-5,8-9H2,1-2H3/t10-/m1/s1/i1D3. The molecule has 0 aliphatic carbocycles. The zero-order valence-electron chi connectivity index (χ0n) is 15.5. The molecule has 1 aliphatic rings. The lowest BCUT2D eigenvalue weighted by Crippen LogP contribution is -2.27. The van der Waals surface area contributed by atoms with Crippen LogP contribution in [0.5, 0.6) is 11.6 Å². The molecule has 1 aromatic carbocycles. The molecule has 1 N–H and O–H groups in total. The van der Waals surface area contributed by atoms with E-state index in [1.807, 2.05) is 0 Å². The van der Waals surface area contributed by atoms with E-state index in [1.54, 1.807) is 18.2 Å². The van der Waals surface area contributed by atoms with E-state index in [0.717, 1.165) is 0 Å². The lowest BCUT2D eigenvalue weighted by molar-refractivity contribution is -0.276. The van der Waals surface area contributed by atoms with Crippen molar-refractivity contribution < 1.29 is 26.8 Å². The number of nitrogens with one attached hydrogen (secondary N) is 1. The number of methoxy groups -OCH3 is 1. The van der Waals surface area contributed by atoms with Gasteiger partial charge in [0.15, 0.2) is 0 Å². The number of fused-ring (bicyclic) bond motifs is 1. The molecule has 1 atom stereocenters. The Balaban J connectivity index is 2.06. The summed E-state index contributed by atoms with van der Waals surface area (Å²) in [5.41, 5.74) is 0.716. The van der Waals surface area contributed by atoms with Gasteiger partial charge < -0.3 is 19.4 Å². The van der Waals surface area contributed by atoms with Crippen LogP contribution in [0, 0.1) is 0 Å². The largest absolute Gasteiger partial charge is 0.574 e. The maximum atomic E-state index is 12.8. The summed E-state index contributed by atoms with van der Waals surface area (Å²) in [4.78, 5) is 4.00. The molecule has 2 heterocycles. The number of aromatic nitrogens is 1. The first-order valence-electron chi connectivity index (χ1n) is 8.80. The number of hydrogen-bond acceptors (Lipinski definition) is 3. The van der Waals surface area contributed by atoms with E-state index in [-0.39, 0.29) is 12.0 Å². The number of likely N-dealkylation sites (tertiary alicyclic amines) is 1. The third-order valence-electron chi connectivity index (χ3n) is 4.10. The van der Waals surface area contributed by atoms with Crippen LogP contribution in [0.15, 0.2) is 18.2 Å². The molecule has 0 bridgehead atoms. The van der Waals surface area contributed by atoms with Crippen molar-refractivity contribution in [3.63, 3.8) is 0 Å². The minimum absolute atomic E-state index is 0.115. The van der Waals surface area contributed by atoms with Gasteiger partial charge in [-0.25, -0.2) is 0 Å². The first-order valence-corrected chi connectivity index (χ1v) is 7.30. The highest BCUT2D eigenvalue weighted by atomic mass is 19.4. The highest BCUT2D eigenvalue weighted by molar-refractivity contribution is 5.91. The summed E-state index contributed by atoms with van der Waals surface area (Å²) in [7, 11) is 1.43. The number of benzene rings is 1. The van der Waals surface area contributed by atoms with Gasteiger partial charge in [-0.2, -0.15) is 0 Å². The van der Waals surface area contributed by atoms with Crippen LogP contribution in [0.2, 0.25) is 0 Å². The normalized spacial score (nSPS) is 21.9. The summed E-state index contributed by atoms with van der Waals surface area (Å²) in [6, 6.07) is 4.53. The van der Waals surface area contributed by atoms with Gasteiger partial charge in [-0.1, -0.05) is 6.07 Å². The molecule has 4 nitrogen and oxygen atoms in total. The molecule has 0 saturated carbocycles. The second kappa shape index (κ2) is 5.96. The van der Waals surface area contributed by atoms with Crippen LogP contribution < -0.4 is 9.47 Å². The summed E-state index contributed by atoms with van der Waals surface area (Å²) < 4.78 is 70.9. The number of ether oxygens (including phenoxy) is 2. The highest BCUT2D eigenvalue weighted by Gasteiger charge is 2.35. The number of rotatable bonds is 4. The zero-order chi connectivity index (χ0) is 19.1. The van der Waals surface area contributed by atoms with E-state index >= 15 is 0 Å². The van der Waals surface area contributed by atoms with E-state index in [0.29, 0.717) is 36.0 Å². The summed E-state index contributed by atoms with van der Waals surface area (Å²) in [6.45, 7) is -1.90. The van der Waals surface area contributed by atoms with Gasteiger partial charge in [-0.05, 0) is 44.9 Å². The van der Waals surface area contributed by atoms with Crippen LogP contribution in [0.25, 0.3) is 10.9 Å². The first kappa shape index (κ1) is 12.5. The number of likely N-dealkylation sites (N-methyl/N-ethyl adjacent to an activating group) is 1. The number of alkyl halides is 3. The van der Waals surface area contributed by atoms with E-state index in [1.165, 1.54) is 12.0 Å². The van der Waals surface area contributed by atoms with Crippen molar-refractivity contribution in [2.45, 2.75) is 31.7 Å². The van der Waals surface area contributed by atoms with E-state index in [2.05, 4.69) is 9.72 Å². The van der Waals surface area contributed by atoms with E-state index < -0.39 is 25.3 Å². The quantitative estimate of drug-likeness (QED) is 0.928. The number of H-pyrrole nitrogens is 1. The van der Waals surface area contributed by atoms with Gasteiger partial charge in [0.2, 0.25) is 5.88 Å². The average molecular weight is 331 g/mol. The summed E-state index contributed by atoms with van der Waals surface area (Å²) in [5.74, 6) is -0.0152. The van der Waals surface area contributed by atoms with Crippen molar-refractivity contribution in [2.24, 2.45) is 0 Å². The van der Waals surface area contributed by atoms with Crippen LogP contribution in [0.4, 0.5) is 13.2 Å². The first-order chi connectivity index (χ1) is 12.1. The molecule has 0 amide bonds. The molecule has 7 heteroatoms. The summed E-state index contributed by atoms with van der Waals surface area (Å²) in [5, 5.41) is 0.478. The summed E-state index contributed by atoms with van der Waals surface area (Å²) in [6.07, 6.45) is -3.48. The van der Waals surface area contributed by atoms with Crippen molar-refractivity contribution in [1.82, 2.24) is 9.88 Å². The van der Waals surface area contributed by atoms with Gasteiger partial charge in [0.05, 0.1) is 12.6 Å². The second-order valence-corrected chi connectivity index (χ2v) is 5.56. The van der Waals surface area contributed by atoms with Crippen molar-refractivity contribution in [2.75, 3.05) is 20.6 Å². The Hall–Kier alpha value is -1.89. The fourth-order valence-corrected chi connectivity index (χ4v) is 3.11. The Labute approximate surface area is 136 Å². The zero-order valence-corrected chi connectivity index (χ0v) is 12.5. The minimum Gasteiger partial charge on any atom is -0.496 e. The Kier molecular flexibility index (Phi) is 3.24. The van der Waals surface area contributed by atoms with Crippen molar-refractivity contribution in [3.8, 4) is 11.6 Å². The number of aromatic amines is 1. The molecule has 1 aromatic heterocycles. The van der Waals surface area contributed by atoms with Gasteiger partial charge in [0.25, 0.3) is 0 Å². The number of hydrogen-bond donors (Lipinski definition) is 1. The minimum atomic E-state index is -4.86. The van der Waals surface area contributed by atoms with Crippen molar-refractivity contribution in [1.29, 1.82) is 0 Å². The predicted molar refractivity (Wildman–Crippen MR) is 80.9 cm³/mol. The smallest absolute Gasteiger partial charge is 0.496 e. The van der Waals surface area contributed by atoms with Crippen molar-refractivity contribution >= 4 is 10.9 Å². The molecule has 3 rings (SSSR count). The van der Waals surface area contributed by atoms with Crippen LogP contribution in [0.3, 0.4) is 0 Å². The molecular formula is C16H19F3N2O2. The maximum absolute atomic E-state index is 12.8. The van der Waals surface area contributed by atoms with Gasteiger partial charge in [-0.3, -0.25) is 0 Å². The highest BCUT2D eigenvalue weighted by Crippen LogP contribution is 2.39. The van der Waals surface area contributed by atoms with Gasteiger partial charge in [-0.15, -0.1) is 13.2 Å². The Bertz CT molecular complexity index is 789. The molecule has 1 aliphatic heterocycles. The predicted octanol–water partition coefficient (Wildman–Crippen LogP) is 3.71. The van der Waals surface area contributed by atoms with E-state index in [4.69, 9.17) is 8.85 Å². The topological polar surface area (TPSA) is 37.5 Å². The van der Waals surface area contributed by atoms with Crippen LogP contribution in [-0.2, 0) is 6.42 Å². The fraction of sp³-hybridized carbons (Fsp3) is 0.500. The Morgan fingerprint density at radius 2 is 2.26 bits per heavy atom. The maximum Gasteiger partial charge on any atom is 0.574 e. The molecule has 0 radical (unpaired) electrons. The molecule has 1 fully saturated rings. The third kappa shape index (κ3) is 3.24. The Morgan fingerprint density at radius 1 is 1.43 bits per heavy atom. The fourth-order valence-electron chi connectivity index (χ4n) is 3.11. The SMILES string of the molecule is [2H]C([2H])([2H])N1CCC[C@@H]1Cc1c(OC(F)(F)F)[nH]c2cccc(OC)c12. The van der Waals surface area contributed by atoms with Crippen molar-refractivity contribution in [3.05, 3.63) is 23.8 Å². The van der Waals surface area contributed by atoms with Crippen LogP contribution in [0.1, 0.15) is 22.5 Å². The number of halogens is 3. The lowest BCUT2D eigenvalue weighted by Gasteiger charge is -2.20. The molecule has 1 saturated heterocycles.